The summed E-state index contributed by atoms with van der Waals surface area (Å²) in [5.41, 5.74) is 2.63. The average Bonchev–Trinajstić information content (AvgIpc) is 3.11. The zero-order valence-corrected chi connectivity index (χ0v) is 12.2. The van der Waals surface area contributed by atoms with E-state index in [0.29, 0.717) is 18.1 Å². The number of aromatic nitrogens is 4. The van der Waals surface area contributed by atoms with E-state index in [4.69, 9.17) is 0 Å². The fourth-order valence-electron chi connectivity index (χ4n) is 1.99. The van der Waals surface area contributed by atoms with Gasteiger partial charge in [0.05, 0.1) is 30.7 Å². The molecule has 0 unspecified atom stereocenters. The van der Waals surface area contributed by atoms with E-state index in [1.807, 2.05) is 25.1 Å². The van der Waals surface area contributed by atoms with Crippen LogP contribution in [0.15, 0.2) is 42.7 Å². The fraction of sp³-hybridized carbons (Fsp3) is 0.143. The van der Waals surface area contributed by atoms with Gasteiger partial charge in [-0.25, -0.2) is 4.68 Å². The van der Waals surface area contributed by atoms with E-state index < -0.39 is 0 Å². The molecule has 3 rings (SSSR count). The molecule has 1 aromatic carbocycles. The third-order valence-electron chi connectivity index (χ3n) is 2.97. The van der Waals surface area contributed by atoms with Gasteiger partial charge in [-0.2, -0.15) is 13.8 Å². The maximum atomic E-state index is 12.0. The van der Waals surface area contributed by atoms with Gasteiger partial charge < -0.3 is 5.32 Å². The van der Waals surface area contributed by atoms with Crippen LogP contribution >= 0.6 is 11.7 Å². The summed E-state index contributed by atoms with van der Waals surface area (Å²) >= 11 is 1.01. The van der Waals surface area contributed by atoms with Crippen molar-refractivity contribution < 1.29 is 4.79 Å². The molecule has 0 radical (unpaired) electrons. The van der Waals surface area contributed by atoms with E-state index in [9.17, 15) is 4.79 Å². The number of benzene rings is 1. The maximum Gasteiger partial charge on any atom is 0.278 e. The Balaban J connectivity index is 1.76. The smallest absolute Gasteiger partial charge is 0.278 e. The van der Waals surface area contributed by atoms with Crippen LogP contribution in [0.25, 0.3) is 0 Å². The first-order valence-electron chi connectivity index (χ1n) is 6.38. The third-order valence-corrected chi connectivity index (χ3v) is 3.44. The normalized spacial score (nSPS) is 10.5. The summed E-state index contributed by atoms with van der Waals surface area (Å²) in [5.74, 6) is 0.351. The highest BCUT2D eigenvalue weighted by Gasteiger charge is 2.12. The number of anilines is 1. The lowest BCUT2D eigenvalue weighted by molar-refractivity contribution is 0.102. The van der Waals surface area contributed by atoms with Gasteiger partial charge in [0.15, 0.2) is 5.69 Å². The lowest BCUT2D eigenvalue weighted by Gasteiger charge is -2.08. The Hall–Kier alpha value is -2.54. The number of rotatable bonds is 4. The zero-order chi connectivity index (χ0) is 14.7. The van der Waals surface area contributed by atoms with Crippen LogP contribution in [0, 0.1) is 6.92 Å². The molecule has 0 aliphatic heterocycles. The van der Waals surface area contributed by atoms with Gasteiger partial charge in [-0.1, -0.05) is 29.8 Å². The van der Waals surface area contributed by atoms with Crippen molar-refractivity contribution in [1.82, 2.24) is 18.5 Å². The number of nitrogens with zero attached hydrogens (tertiary/aromatic N) is 4. The number of nitrogens with one attached hydrogen (secondary N) is 1. The lowest BCUT2D eigenvalue weighted by Crippen LogP contribution is -2.16. The number of hydrogen-bond acceptors (Lipinski definition) is 5. The van der Waals surface area contributed by atoms with Crippen LogP contribution in [0.5, 0.6) is 0 Å². The molecule has 1 N–H and O–H groups in total. The molecular formula is C14H13N5OS. The summed E-state index contributed by atoms with van der Waals surface area (Å²) in [6.45, 7) is 2.64. The summed E-state index contributed by atoms with van der Waals surface area (Å²) in [6, 6.07) is 9.94. The standard InChI is InChI=1S/C14H13N5OS/c1-10-3-2-4-11(7-10)9-19-13(5-6-15-19)17-14(20)12-8-16-21-18-12/h2-8H,9H2,1H3,(H,17,20). The van der Waals surface area contributed by atoms with Gasteiger partial charge in [0, 0.05) is 6.07 Å². The van der Waals surface area contributed by atoms with Crippen LogP contribution in [-0.4, -0.2) is 24.4 Å². The van der Waals surface area contributed by atoms with E-state index in [2.05, 4.69) is 25.2 Å². The molecule has 0 atom stereocenters. The van der Waals surface area contributed by atoms with Gasteiger partial charge in [-0.3, -0.25) is 4.79 Å². The maximum absolute atomic E-state index is 12.0. The van der Waals surface area contributed by atoms with Gasteiger partial charge in [-0.05, 0) is 12.5 Å². The topological polar surface area (TPSA) is 72.7 Å². The van der Waals surface area contributed by atoms with Crippen LogP contribution < -0.4 is 5.32 Å². The molecule has 0 spiro atoms. The van der Waals surface area contributed by atoms with E-state index in [1.165, 1.54) is 11.8 Å². The molecule has 21 heavy (non-hydrogen) atoms. The SMILES string of the molecule is Cc1cccc(Cn2nccc2NC(=O)c2cnsn2)c1. The highest BCUT2D eigenvalue weighted by atomic mass is 32.1. The largest absolute Gasteiger partial charge is 0.305 e. The number of carbonyl (C=O) groups is 1. The molecule has 0 fully saturated rings. The predicted molar refractivity (Wildman–Crippen MR) is 80.4 cm³/mol. The molecule has 2 heterocycles. The molecule has 7 heteroatoms. The molecule has 6 nitrogen and oxygen atoms in total. The van der Waals surface area contributed by atoms with Crippen molar-refractivity contribution in [3.63, 3.8) is 0 Å². The number of hydrogen-bond donors (Lipinski definition) is 1. The summed E-state index contributed by atoms with van der Waals surface area (Å²) in [5, 5.41) is 7.04. The van der Waals surface area contributed by atoms with Crippen molar-refractivity contribution in [2.45, 2.75) is 13.5 Å². The second-order valence-corrected chi connectivity index (χ2v) is 5.17. The van der Waals surface area contributed by atoms with Crippen molar-refractivity contribution in [3.8, 4) is 0 Å². The van der Waals surface area contributed by atoms with E-state index in [1.54, 1.807) is 16.9 Å². The second kappa shape index (κ2) is 5.84. The molecule has 0 aliphatic rings. The monoisotopic (exact) mass is 299 g/mol. The molecule has 0 aliphatic carbocycles. The first-order valence-corrected chi connectivity index (χ1v) is 7.12. The second-order valence-electron chi connectivity index (χ2n) is 4.61. The van der Waals surface area contributed by atoms with Crippen molar-refractivity contribution in [3.05, 3.63) is 59.5 Å². The summed E-state index contributed by atoms with van der Waals surface area (Å²) in [7, 11) is 0. The van der Waals surface area contributed by atoms with Gasteiger partial charge in [0.1, 0.15) is 5.82 Å². The van der Waals surface area contributed by atoms with Crippen LogP contribution in [0.2, 0.25) is 0 Å². The minimum absolute atomic E-state index is 0.283. The number of carbonyl (C=O) groups excluding carboxylic acids is 1. The molecule has 0 bridgehead atoms. The third kappa shape index (κ3) is 3.14. The Morgan fingerprint density at radius 1 is 1.38 bits per heavy atom. The minimum atomic E-state index is -0.283. The first-order chi connectivity index (χ1) is 10.2. The van der Waals surface area contributed by atoms with Gasteiger partial charge in [0.25, 0.3) is 5.91 Å². The zero-order valence-electron chi connectivity index (χ0n) is 11.4. The van der Waals surface area contributed by atoms with Crippen LogP contribution in [0.1, 0.15) is 21.6 Å². The Morgan fingerprint density at radius 3 is 3.05 bits per heavy atom. The van der Waals surface area contributed by atoms with E-state index in [-0.39, 0.29) is 5.91 Å². The first kappa shape index (κ1) is 13.4. The average molecular weight is 299 g/mol. The molecule has 2 aromatic heterocycles. The van der Waals surface area contributed by atoms with Crippen LogP contribution in [0.3, 0.4) is 0 Å². The van der Waals surface area contributed by atoms with Crippen molar-refractivity contribution >= 4 is 23.5 Å². The summed E-state index contributed by atoms with van der Waals surface area (Å²) in [4.78, 5) is 12.0. The van der Waals surface area contributed by atoms with Crippen LogP contribution in [-0.2, 0) is 6.54 Å². The predicted octanol–water partition coefficient (Wildman–Crippen LogP) is 2.34. The molecule has 106 valence electrons. The molecule has 3 aromatic rings. The van der Waals surface area contributed by atoms with Crippen molar-refractivity contribution in [1.29, 1.82) is 0 Å². The Bertz CT molecular complexity index is 750. The fourth-order valence-corrected chi connectivity index (χ4v) is 2.41. The summed E-state index contributed by atoms with van der Waals surface area (Å²) in [6.07, 6.45) is 3.10. The highest BCUT2D eigenvalue weighted by Crippen LogP contribution is 2.12. The van der Waals surface area contributed by atoms with Crippen molar-refractivity contribution in [2.24, 2.45) is 0 Å². The van der Waals surface area contributed by atoms with Gasteiger partial charge in [-0.15, -0.1) is 0 Å². The Labute approximate surface area is 125 Å². The van der Waals surface area contributed by atoms with Gasteiger partial charge >= 0.3 is 0 Å². The van der Waals surface area contributed by atoms with E-state index >= 15 is 0 Å². The Morgan fingerprint density at radius 2 is 2.29 bits per heavy atom. The Kier molecular flexibility index (Phi) is 3.74. The van der Waals surface area contributed by atoms with Gasteiger partial charge in [0.2, 0.25) is 0 Å². The molecular weight excluding hydrogens is 286 g/mol. The quantitative estimate of drug-likeness (QED) is 0.802. The van der Waals surface area contributed by atoms with Crippen molar-refractivity contribution in [2.75, 3.05) is 5.32 Å². The molecule has 1 amide bonds. The minimum Gasteiger partial charge on any atom is -0.305 e. The number of aryl methyl sites for hydroxylation is 1. The van der Waals surface area contributed by atoms with E-state index in [0.717, 1.165) is 17.3 Å². The number of amides is 1. The van der Waals surface area contributed by atoms with Crippen LogP contribution in [0.4, 0.5) is 5.82 Å². The molecule has 0 saturated carbocycles. The lowest BCUT2D eigenvalue weighted by atomic mass is 10.1. The highest BCUT2D eigenvalue weighted by molar-refractivity contribution is 6.99. The molecule has 0 saturated heterocycles. The summed E-state index contributed by atoms with van der Waals surface area (Å²) < 4.78 is 9.47.